The van der Waals surface area contributed by atoms with Crippen molar-refractivity contribution in [3.63, 3.8) is 0 Å². The van der Waals surface area contributed by atoms with Crippen LogP contribution in [0.15, 0.2) is 187 Å². The third-order valence-electron chi connectivity index (χ3n) is 28.0. The van der Waals surface area contributed by atoms with Gasteiger partial charge in [-0.15, -0.1) is 12.6 Å². The van der Waals surface area contributed by atoms with Crippen molar-refractivity contribution in [1.82, 2.24) is 19.6 Å². The van der Waals surface area contributed by atoms with E-state index in [1.54, 1.807) is 45.5 Å². The van der Waals surface area contributed by atoms with Crippen molar-refractivity contribution >= 4 is 92.9 Å². The van der Waals surface area contributed by atoms with Crippen LogP contribution < -0.4 is 67.8 Å². The molecule has 10 aromatic rings. The first kappa shape index (κ1) is 110. The van der Waals surface area contributed by atoms with Gasteiger partial charge in [-0.3, -0.25) is 28.7 Å². The van der Waals surface area contributed by atoms with E-state index in [9.17, 15) is 32.1 Å². The van der Waals surface area contributed by atoms with Crippen LogP contribution in [-0.4, -0.2) is 235 Å². The first-order valence-corrected chi connectivity index (χ1v) is 53.1. The van der Waals surface area contributed by atoms with E-state index in [1.165, 1.54) is 33.4 Å². The quantitative estimate of drug-likeness (QED) is 0.0139. The van der Waals surface area contributed by atoms with Crippen LogP contribution >= 0.6 is 25.3 Å². The standard InChI is InChI=1S/C57H67N3O11S2.C56H64N4O8S.Na.O3S.H/c1-37-22-48-45(30-54(73(63,64)65)50-27-41-11-7-9-13-44(41)33-60(50)56(48)62)29-51(37)70-34-38-23-39(25-47(24-38)58(36-57(2,3)72)16-17-68-20-21-69-19-18-66-4)35-71-53-28-42-14-15-46-26-40-10-6-8-12-43(40)32-59(46)55(61)49(42)31-52(53)67-5;1-37-22-49-50(57-31-47-27-41-11-7-9-13-44(41)33-60(47)55(49)62)30-51(37)67-34-38-23-39(25-46(24-38)58(36-56(2,3)69)16-17-65-20-21-66-19-18-63-4)35-68-53-28-42-14-15-45-26-40-10-6-8-12-43(40)32-59(45)54(61)48(42)29-52(53)64-5;;1-4(2)3;/h6-13,22-25,28-29,31,46,50,54,72H,14-21,26-27,30,32-36H2,1-5H3,(H,63,64,65);6-13,22-25,28-31,45,47,69H,14-21,26-27,32-36H2,1-5H3;;;/q;;+1;;-1/t46-,50+,54?;45-,47+;;;/m11.../s1. The summed E-state index contributed by atoms with van der Waals surface area (Å²) in [7, 11) is -1.18. The number of carbonyl (C=O) groups is 4. The third-order valence-corrected chi connectivity index (χ3v) is 29.5. The van der Waals surface area contributed by atoms with E-state index in [1.807, 2.05) is 126 Å². The summed E-state index contributed by atoms with van der Waals surface area (Å²) in [6, 6.07) is 59.8. The van der Waals surface area contributed by atoms with Crippen LogP contribution in [0.5, 0.6) is 34.5 Å². The number of aryl methyl sites for hydroxylation is 4. The Bertz CT molecular complexity index is 6680. The molecule has 4 amide bonds. The van der Waals surface area contributed by atoms with Gasteiger partial charge in [0, 0.05) is 129 Å². The van der Waals surface area contributed by atoms with Gasteiger partial charge in [-0.25, -0.2) is 0 Å². The van der Waals surface area contributed by atoms with Crippen molar-refractivity contribution in [3.8, 4) is 34.5 Å². The molecule has 776 valence electrons. The molecule has 8 aliphatic heterocycles. The van der Waals surface area contributed by atoms with Crippen LogP contribution in [0, 0.1) is 13.8 Å². The summed E-state index contributed by atoms with van der Waals surface area (Å²) in [6.07, 6.45) is 7.75. The summed E-state index contributed by atoms with van der Waals surface area (Å²) in [4.78, 5) is 73.8. The molecule has 0 radical (unpaired) electrons. The maximum Gasteiger partial charge on any atom is 1.00 e. The van der Waals surface area contributed by atoms with Crippen molar-refractivity contribution in [1.29, 1.82) is 0 Å². The Morgan fingerprint density at radius 1 is 0.408 bits per heavy atom. The second-order valence-corrected chi connectivity index (χ2v) is 44.2. The predicted octanol–water partition coefficient (Wildman–Crippen LogP) is 13.5. The van der Waals surface area contributed by atoms with Crippen molar-refractivity contribution in [2.24, 2.45) is 4.99 Å². The van der Waals surface area contributed by atoms with Gasteiger partial charge in [0.2, 0.25) is 0 Å². The molecule has 8 aliphatic rings. The SMILES string of the molecule is COCCOCCOCCN(CC(C)(C)S)c1cc(COc2cc3c(cc2C)C(=O)N2Cc4ccccc4C[C@H]2C(S(=O)(=O)O)C3)cc(COc2cc3c(cc2OC)C(=O)N2Cc4ccccc4C[C@H]2CC3)c1.COCCOCCOCCN(CC(C)(C)S)c1cc(COc2cc3c(cc2C)C(=O)N2Cc4ccccc4C[C@H]2C=N3)cc(COc2cc3c(cc2OC)C(=O)N2Cc4ccccc4C[C@H]2CC3)c1.O=S(=O)=O.[H-].[Na+]. The number of thiol groups is 2. The first-order chi connectivity index (χ1) is 70.2. The molecule has 1 unspecified atom stereocenters. The number of ether oxygens (including phenoxy) is 12. The maximum atomic E-state index is 14.3. The summed E-state index contributed by atoms with van der Waals surface area (Å²) in [6.45, 7) is 22.1. The number of fused-ring (bicyclic) bond motifs is 12. The molecule has 0 aromatic heterocycles. The van der Waals surface area contributed by atoms with E-state index in [4.69, 9.17) is 99.7 Å². The number of rotatable bonds is 39. The van der Waals surface area contributed by atoms with Gasteiger partial charge < -0.3 is 87.7 Å². The van der Waals surface area contributed by atoms with Gasteiger partial charge in [0.1, 0.15) is 43.2 Å². The second-order valence-electron chi connectivity index (χ2n) is 39.7. The van der Waals surface area contributed by atoms with Crippen LogP contribution in [0.1, 0.15) is 178 Å². The zero-order valence-corrected chi connectivity index (χ0v) is 91.0. The van der Waals surface area contributed by atoms with E-state index >= 15 is 0 Å². The number of nitrogens with zero attached hydrogens (tertiary/aromatic N) is 7. The number of amides is 4. The van der Waals surface area contributed by atoms with Crippen molar-refractivity contribution < 1.29 is 133 Å². The minimum absolute atomic E-state index is 0. The first-order valence-electron chi connectivity index (χ1n) is 49.7. The Labute approximate surface area is 897 Å². The number of hydrogen-bond acceptors (Lipinski definition) is 26. The minimum Gasteiger partial charge on any atom is -1.00 e. The van der Waals surface area contributed by atoms with Gasteiger partial charge in [-0.2, -0.15) is 33.7 Å². The second kappa shape index (κ2) is 50.2. The number of carbonyl (C=O) groups excluding carboxylic acids is 4. The molecule has 18 rings (SSSR count). The summed E-state index contributed by atoms with van der Waals surface area (Å²) in [5.41, 5.74) is 21.6. The molecule has 0 aliphatic carbocycles. The summed E-state index contributed by atoms with van der Waals surface area (Å²) in [5.74, 6) is 2.98. The van der Waals surface area contributed by atoms with Gasteiger partial charge in [-0.05, 0) is 273 Å². The van der Waals surface area contributed by atoms with Gasteiger partial charge in [-0.1, -0.05) is 97.1 Å². The van der Waals surface area contributed by atoms with Crippen molar-refractivity contribution in [2.45, 2.75) is 191 Å². The molecular formula is C113H132N7NaO22S4. The number of methoxy groups -OCH3 is 4. The normalized spacial score (nSPS) is 17.3. The zero-order chi connectivity index (χ0) is 103. The Balaban J connectivity index is 0.000000223. The van der Waals surface area contributed by atoms with Crippen LogP contribution in [0.25, 0.3) is 0 Å². The topological polar surface area (TPSA) is 316 Å². The Morgan fingerprint density at radius 3 is 1.17 bits per heavy atom. The van der Waals surface area contributed by atoms with Crippen LogP contribution in [-0.2, 0) is 147 Å². The number of hydrogen-bond donors (Lipinski definition) is 3. The average molecular weight is 2090 g/mol. The maximum absolute atomic E-state index is 14.3. The Kier molecular flexibility index (Phi) is 37.6. The van der Waals surface area contributed by atoms with Gasteiger partial charge >= 0.3 is 40.2 Å². The molecule has 147 heavy (non-hydrogen) atoms. The van der Waals surface area contributed by atoms with E-state index in [2.05, 4.69) is 116 Å². The third kappa shape index (κ3) is 28.1. The summed E-state index contributed by atoms with van der Waals surface area (Å²) in [5, 5.41) is -1.23. The fourth-order valence-corrected chi connectivity index (χ4v) is 22.2. The van der Waals surface area contributed by atoms with Gasteiger partial charge in [0.05, 0.1) is 104 Å². The van der Waals surface area contributed by atoms with E-state index in [0.717, 1.165) is 106 Å². The molecular weight excluding hydrogens is 1960 g/mol. The molecule has 5 atom stereocenters. The molecule has 1 N–H and O–H groups in total. The Morgan fingerprint density at radius 2 is 0.755 bits per heavy atom. The van der Waals surface area contributed by atoms with E-state index < -0.39 is 32.0 Å². The van der Waals surface area contributed by atoms with Crippen LogP contribution in [0.4, 0.5) is 17.1 Å². The fourth-order valence-electron chi connectivity index (χ4n) is 20.8. The van der Waals surface area contributed by atoms with Crippen molar-refractivity contribution in [3.05, 3.63) is 299 Å². The molecule has 0 saturated heterocycles. The van der Waals surface area contributed by atoms with E-state index in [-0.39, 0.29) is 122 Å². The molecule has 0 saturated carbocycles. The molecule has 29 nitrogen and oxygen atoms in total. The van der Waals surface area contributed by atoms with Gasteiger partial charge in [0.25, 0.3) is 33.7 Å². The molecule has 0 spiro atoms. The molecule has 0 fully saturated rings. The smallest absolute Gasteiger partial charge is 1.00 e. The largest absolute Gasteiger partial charge is 1.00 e. The Hall–Kier alpha value is -10.9. The molecule has 0 bridgehead atoms. The van der Waals surface area contributed by atoms with Crippen LogP contribution in [0.3, 0.4) is 0 Å². The number of aliphatic imine (C=N–C) groups is 1. The van der Waals surface area contributed by atoms with Crippen LogP contribution in [0.2, 0.25) is 0 Å². The minimum atomic E-state index is -4.57. The predicted molar refractivity (Wildman–Crippen MR) is 566 cm³/mol. The number of anilines is 2. The molecule has 34 heteroatoms. The van der Waals surface area contributed by atoms with Gasteiger partial charge in [0.15, 0.2) is 23.0 Å². The average Bonchev–Trinajstić information content (AvgIpc) is 1.59. The summed E-state index contributed by atoms with van der Waals surface area (Å²) < 4.78 is 133. The van der Waals surface area contributed by atoms with Crippen molar-refractivity contribution in [2.75, 3.05) is 130 Å². The van der Waals surface area contributed by atoms with E-state index in [0.29, 0.717) is 192 Å². The molecule has 10 aromatic carbocycles. The zero-order valence-electron chi connectivity index (χ0n) is 86.6. The molecule has 8 heterocycles. The summed E-state index contributed by atoms with van der Waals surface area (Å²) >= 11 is 9.91. The number of benzene rings is 10. The fraction of sp³-hybridized carbons (Fsp3) is 0.425. The monoisotopic (exact) mass is 2090 g/mol.